The topological polar surface area (TPSA) is 67.9 Å². The molecule has 2 aromatic carbocycles. The minimum Gasteiger partial charge on any atom is -0.372 e. The number of hydrazone groups is 1. The molecule has 2 atom stereocenters. The molecule has 1 unspecified atom stereocenters. The van der Waals surface area contributed by atoms with Gasteiger partial charge < -0.3 is 10.5 Å². The van der Waals surface area contributed by atoms with E-state index >= 15 is 0 Å². The number of halogens is 3. The number of hydrogen-bond donors (Lipinski definition) is 1. The summed E-state index contributed by atoms with van der Waals surface area (Å²) < 4.78 is 34.5. The maximum absolute atomic E-state index is 14.5. The lowest BCUT2D eigenvalue weighted by Gasteiger charge is -2.37. The van der Waals surface area contributed by atoms with Crippen molar-refractivity contribution in [2.75, 3.05) is 13.7 Å². The van der Waals surface area contributed by atoms with Gasteiger partial charge in [-0.2, -0.15) is 5.10 Å². The molecule has 2 N–H and O–H groups in total. The Hall–Kier alpha value is -1.81. The van der Waals surface area contributed by atoms with Crippen molar-refractivity contribution >= 4 is 38.6 Å². The third-order valence-corrected chi connectivity index (χ3v) is 6.86. The van der Waals surface area contributed by atoms with Gasteiger partial charge in [0.15, 0.2) is 0 Å². The molecule has 2 aromatic rings. The van der Waals surface area contributed by atoms with E-state index in [2.05, 4.69) is 21.0 Å². The molecular weight excluding hydrogens is 476 g/mol. The van der Waals surface area contributed by atoms with Crippen molar-refractivity contribution in [2.45, 2.75) is 30.7 Å². The summed E-state index contributed by atoms with van der Waals surface area (Å²) in [5.41, 5.74) is 6.58. The van der Waals surface area contributed by atoms with Crippen molar-refractivity contribution in [3.05, 3.63) is 69.7 Å². The van der Waals surface area contributed by atoms with Crippen LogP contribution in [0, 0.1) is 11.6 Å². The quantitative estimate of drug-likeness (QED) is 0.607. The molecule has 0 aromatic heterocycles. The number of benzene rings is 2. The van der Waals surface area contributed by atoms with Crippen LogP contribution in [0.5, 0.6) is 0 Å². The summed E-state index contributed by atoms with van der Waals surface area (Å²) in [5, 5.41) is 6.02. The van der Waals surface area contributed by atoms with Crippen molar-refractivity contribution < 1.29 is 18.3 Å². The molecule has 5 nitrogen and oxygen atoms in total. The zero-order valence-electron chi connectivity index (χ0n) is 16.6. The van der Waals surface area contributed by atoms with E-state index in [-0.39, 0.29) is 16.5 Å². The molecule has 0 saturated heterocycles. The second kappa shape index (κ2) is 9.55. The van der Waals surface area contributed by atoms with Crippen LogP contribution in [0.1, 0.15) is 30.9 Å². The summed E-state index contributed by atoms with van der Waals surface area (Å²) in [6.07, 6.45) is 0.309. The van der Waals surface area contributed by atoms with E-state index in [1.54, 1.807) is 6.92 Å². The summed E-state index contributed by atoms with van der Waals surface area (Å²) in [5.74, 6) is -1.57. The Balaban J connectivity index is 2.16. The Morgan fingerprint density at radius 1 is 1.30 bits per heavy atom. The summed E-state index contributed by atoms with van der Waals surface area (Å²) in [4.78, 5) is 12.2. The van der Waals surface area contributed by atoms with Gasteiger partial charge in [-0.25, -0.2) is 13.8 Å². The lowest BCUT2D eigenvalue weighted by molar-refractivity contribution is -0.144. The van der Waals surface area contributed by atoms with Crippen LogP contribution in [0.2, 0.25) is 0 Å². The van der Waals surface area contributed by atoms with Crippen molar-refractivity contribution in [2.24, 2.45) is 10.8 Å². The first-order valence-electron chi connectivity index (χ1n) is 9.38. The highest BCUT2D eigenvalue weighted by molar-refractivity contribution is 9.10. The van der Waals surface area contributed by atoms with E-state index in [1.807, 2.05) is 24.3 Å². The standard InChI is InChI=1S/C21H22BrF2N3O2S/c1-13(29-2)20(28)27-21(10-3-11-25,14-4-6-15(22)7-5-14)30-19(26-27)17-12-16(23)8-9-18(17)24/h4-9,12-13H,3,10-11,25H2,1-2H3/t13-,21?/m0/s1. The zero-order valence-corrected chi connectivity index (χ0v) is 19.0. The highest BCUT2D eigenvalue weighted by Gasteiger charge is 2.49. The van der Waals surface area contributed by atoms with E-state index in [4.69, 9.17) is 10.5 Å². The van der Waals surface area contributed by atoms with Gasteiger partial charge in [-0.1, -0.05) is 39.8 Å². The average molecular weight is 498 g/mol. The normalized spacial score (nSPS) is 19.7. The van der Waals surface area contributed by atoms with Gasteiger partial charge in [-0.15, -0.1) is 0 Å². The maximum Gasteiger partial charge on any atom is 0.273 e. The molecule has 0 spiro atoms. The fourth-order valence-electron chi connectivity index (χ4n) is 3.20. The number of hydrogen-bond acceptors (Lipinski definition) is 5. The van der Waals surface area contributed by atoms with Gasteiger partial charge in [0.05, 0.1) is 0 Å². The van der Waals surface area contributed by atoms with Crippen LogP contribution in [0.4, 0.5) is 8.78 Å². The van der Waals surface area contributed by atoms with Crippen LogP contribution in [0.15, 0.2) is 52.0 Å². The predicted octanol–water partition coefficient (Wildman–Crippen LogP) is 4.59. The van der Waals surface area contributed by atoms with E-state index < -0.39 is 22.6 Å². The number of amides is 1. The fraction of sp³-hybridized carbons (Fsp3) is 0.333. The van der Waals surface area contributed by atoms with Gasteiger partial charge in [0.2, 0.25) is 0 Å². The fourth-order valence-corrected chi connectivity index (χ4v) is 4.89. The largest absolute Gasteiger partial charge is 0.372 e. The number of thioether (sulfide) groups is 1. The second-order valence-corrected chi connectivity index (χ2v) is 9.02. The Morgan fingerprint density at radius 3 is 2.63 bits per heavy atom. The maximum atomic E-state index is 14.5. The number of methoxy groups -OCH3 is 1. The lowest BCUT2D eigenvalue weighted by atomic mass is 10.00. The Kier molecular flexibility index (Phi) is 7.28. The Labute approximate surface area is 186 Å². The molecule has 0 saturated carbocycles. The molecule has 30 heavy (non-hydrogen) atoms. The van der Waals surface area contributed by atoms with E-state index in [1.165, 1.54) is 23.9 Å². The molecule has 1 aliphatic heterocycles. The van der Waals surface area contributed by atoms with Crippen molar-refractivity contribution in [1.29, 1.82) is 0 Å². The second-order valence-electron chi connectivity index (χ2n) is 6.84. The first-order valence-corrected chi connectivity index (χ1v) is 11.0. The first kappa shape index (κ1) is 22.9. The van der Waals surface area contributed by atoms with Gasteiger partial charge in [0.1, 0.15) is 27.7 Å². The van der Waals surface area contributed by atoms with E-state index in [0.717, 1.165) is 28.2 Å². The van der Waals surface area contributed by atoms with E-state index in [0.29, 0.717) is 19.4 Å². The number of rotatable bonds is 7. The molecular formula is C21H22BrF2N3O2S. The molecule has 0 bridgehead atoms. The number of nitrogens with two attached hydrogens (primary N) is 1. The predicted molar refractivity (Wildman–Crippen MR) is 118 cm³/mol. The molecule has 1 aliphatic rings. The van der Waals surface area contributed by atoms with Gasteiger partial charge in [0.25, 0.3) is 5.91 Å². The summed E-state index contributed by atoms with van der Waals surface area (Å²) in [6, 6.07) is 10.7. The zero-order chi connectivity index (χ0) is 21.9. The Bertz CT molecular complexity index is 958. The lowest BCUT2D eigenvalue weighted by Crippen LogP contribution is -2.46. The van der Waals surface area contributed by atoms with Gasteiger partial charge in [-0.3, -0.25) is 4.79 Å². The van der Waals surface area contributed by atoms with Crippen LogP contribution in [0.3, 0.4) is 0 Å². The molecule has 0 fully saturated rings. The van der Waals surface area contributed by atoms with Crippen LogP contribution >= 0.6 is 27.7 Å². The first-order chi connectivity index (χ1) is 14.3. The number of carbonyl (C=O) groups excluding carboxylic acids is 1. The molecule has 0 radical (unpaired) electrons. The van der Waals surface area contributed by atoms with Crippen LogP contribution in [0.25, 0.3) is 0 Å². The Morgan fingerprint density at radius 2 is 2.00 bits per heavy atom. The highest BCUT2D eigenvalue weighted by Crippen LogP contribution is 2.51. The molecule has 3 rings (SSSR count). The highest BCUT2D eigenvalue weighted by atomic mass is 79.9. The van der Waals surface area contributed by atoms with Crippen LogP contribution in [-0.4, -0.2) is 35.7 Å². The number of ether oxygens (including phenoxy) is 1. The molecule has 9 heteroatoms. The summed E-state index contributed by atoms with van der Waals surface area (Å²) in [7, 11) is 1.43. The van der Waals surface area contributed by atoms with Crippen LogP contribution in [-0.2, 0) is 14.4 Å². The van der Waals surface area contributed by atoms with E-state index in [9.17, 15) is 13.6 Å². The van der Waals surface area contributed by atoms with Crippen molar-refractivity contribution in [3.8, 4) is 0 Å². The third-order valence-electron chi connectivity index (χ3n) is 4.88. The average Bonchev–Trinajstić information content (AvgIpc) is 3.13. The smallest absolute Gasteiger partial charge is 0.273 e. The molecule has 1 amide bonds. The van der Waals surface area contributed by atoms with Gasteiger partial charge >= 0.3 is 0 Å². The summed E-state index contributed by atoms with van der Waals surface area (Å²) >= 11 is 4.64. The van der Waals surface area contributed by atoms with Crippen molar-refractivity contribution in [3.63, 3.8) is 0 Å². The molecule has 1 heterocycles. The van der Waals surface area contributed by atoms with Gasteiger partial charge in [-0.05, 0) is 62.2 Å². The van der Waals surface area contributed by atoms with Gasteiger partial charge in [0, 0.05) is 17.1 Å². The minimum absolute atomic E-state index is 0.00889. The van der Waals surface area contributed by atoms with Crippen LogP contribution < -0.4 is 5.73 Å². The SMILES string of the molecule is CO[C@@H](C)C(=O)N1N=C(c2cc(F)ccc2F)SC1(CCCN)c1ccc(Br)cc1. The monoisotopic (exact) mass is 497 g/mol. The number of nitrogens with zero attached hydrogens (tertiary/aromatic N) is 2. The third kappa shape index (κ3) is 4.44. The van der Waals surface area contributed by atoms with Crippen molar-refractivity contribution in [1.82, 2.24) is 5.01 Å². The number of carbonyl (C=O) groups is 1. The minimum atomic E-state index is -0.960. The summed E-state index contributed by atoms with van der Waals surface area (Å²) in [6.45, 7) is 2.03. The molecule has 160 valence electrons. The molecule has 0 aliphatic carbocycles.